The highest BCUT2D eigenvalue weighted by molar-refractivity contribution is 5.95. The predicted molar refractivity (Wildman–Crippen MR) is 123 cm³/mol. The van der Waals surface area contributed by atoms with E-state index in [0.29, 0.717) is 11.1 Å². The molecule has 1 fully saturated rings. The first-order valence-corrected chi connectivity index (χ1v) is 11.4. The van der Waals surface area contributed by atoms with E-state index in [1.165, 1.54) is 33.7 Å². The maximum atomic E-state index is 13.8. The van der Waals surface area contributed by atoms with Gasteiger partial charge in [-0.05, 0) is 66.6 Å². The van der Waals surface area contributed by atoms with E-state index in [-0.39, 0.29) is 35.0 Å². The van der Waals surface area contributed by atoms with Crippen LogP contribution in [0.1, 0.15) is 45.9 Å². The van der Waals surface area contributed by atoms with E-state index in [1.54, 1.807) is 26.1 Å². The maximum Gasteiger partial charge on any atom is 0.573 e. The summed E-state index contributed by atoms with van der Waals surface area (Å²) in [5.74, 6) is -1.47. The molecule has 0 spiro atoms. The van der Waals surface area contributed by atoms with Gasteiger partial charge in [0, 0.05) is 25.0 Å². The third kappa shape index (κ3) is 6.57. The van der Waals surface area contributed by atoms with Crippen molar-refractivity contribution in [1.82, 2.24) is 14.5 Å². The molecule has 3 aromatic rings. The number of halogens is 4. The Bertz CT molecular complexity index is 1410. The number of carbonyl (C=O) groups excluding carboxylic acids is 1. The van der Waals surface area contributed by atoms with E-state index in [4.69, 9.17) is 5.11 Å². The zero-order valence-corrected chi connectivity index (χ0v) is 19.9. The number of carbonyl (C=O) groups is 2. The standard InChI is InChI=1S/C25H24F4N4O4/c1-14-9-17(5-6-20(14)26)21(16-3-4-16)30-22(34)18-10-15(11-19(12-18)37-25(27,28)29)13-33-8-7-32(2)23(33)31-24(35)36/h5-12,16,21H,3-4,13H2,1-2H3,(H,30,34)(H,35,36)/b31-23+/t21-/m0/s1. The van der Waals surface area contributed by atoms with Crippen LogP contribution < -0.4 is 15.7 Å². The number of nitrogens with one attached hydrogen (secondary N) is 1. The first-order chi connectivity index (χ1) is 17.4. The van der Waals surface area contributed by atoms with Crippen LogP contribution >= 0.6 is 0 Å². The van der Waals surface area contributed by atoms with Gasteiger partial charge in [0.05, 0.1) is 12.6 Å². The monoisotopic (exact) mass is 520 g/mol. The van der Waals surface area contributed by atoms with Gasteiger partial charge in [0.15, 0.2) is 0 Å². The molecule has 1 saturated carbocycles. The van der Waals surface area contributed by atoms with Crippen molar-refractivity contribution in [2.45, 2.75) is 38.7 Å². The summed E-state index contributed by atoms with van der Waals surface area (Å²) in [6.45, 7) is 1.53. The van der Waals surface area contributed by atoms with Crippen LogP contribution in [0.5, 0.6) is 5.75 Å². The molecule has 12 heteroatoms. The largest absolute Gasteiger partial charge is 0.573 e. The topological polar surface area (TPSA) is 97.9 Å². The first-order valence-electron chi connectivity index (χ1n) is 11.4. The number of benzene rings is 2. The Labute approximate surface area is 208 Å². The van der Waals surface area contributed by atoms with Crippen LogP contribution in [-0.2, 0) is 13.6 Å². The molecule has 1 aliphatic rings. The summed E-state index contributed by atoms with van der Waals surface area (Å²) in [5.41, 5.74) is 1.35. The van der Waals surface area contributed by atoms with Gasteiger partial charge in [-0.1, -0.05) is 12.1 Å². The third-order valence-corrected chi connectivity index (χ3v) is 5.97. The van der Waals surface area contributed by atoms with Crippen molar-refractivity contribution >= 4 is 12.0 Å². The number of amides is 2. The lowest BCUT2D eigenvalue weighted by atomic mass is 9.99. The number of ether oxygens (including phenoxy) is 1. The first kappa shape index (κ1) is 26.0. The number of hydrogen-bond donors (Lipinski definition) is 2. The summed E-state index contributed by atoms with van der Waals surface area (Å²) in [5, 5.41) is 11.9. The summed E-state index contributed by atoms with van der Waals surface area (Å²) < 4.78 is 59.8. The third-order valence-electron chi connectivity index (χ3n) is 5.97. The van der Waals surface area contributed by atoms with E-state index in [0.717, 1.165) is 25.0 Å². The number of aromatic nitrogens is 2. The second kappa shape index (κ2) is 10.1. The SMILES string of the molecule is Cc1cc([C@@H](NC(=O)c2cc(Cn3ccn(C)/c3=N\C(=O)O)cc(OC(F)(F)F)c2)C2CC2)ccc1F. The van der Waals surface area contributed by atoms with Crippen LogP contribution in [0.3, 0.4) is 0 Å². The Morgan fingerprint density at radius 1 is 1.19 bits per heavy atom. The Kier molecular flexibility index (Phi) is 7.10. The van der Waals surface area contributed by atoms with Crippen molar-refractivity contribution < 1.29 is 37.0 Å². The minimum absolute atomic E-state index is 0.0427. The molecule has 1 heterocycles. The summed E-state index contributed by atoms with van der Waals surface area (Å²) >= 11 is 0. The molecule has 1 atom stereocenters. The minimum atomic E-state index is -4.99. The van der Waals surface area contributed by atoms with Gasteiger partial charge in [0.2, 0.25) is 5.62 Å². The maximum absolute atomic E-state index is 13.8. The van der Waals surface area contributed by atoms with E-state index < -0.39 is 30.2 Å². The quantitative estimate of drug-likeness (QED) is 0.442. The van der Waals surface area contributed by atoms with Crippen molar-refractivity contribution in [1.29, 1.82) is 0 Å². The Morgan fingerprint density at radius 3 is 2.54 bits per heavy atom. The average molecular weight is 520 g/mol. The number of alkyl halides is 3. The number of aryl methyl sites for hydroxylation is 2. The van der Waals surface area contributed by atoms with Gasteiger partial charge < -0.3 is 24.3 Å². The van der Waals surface area contributed by atoms with E-state index in [1.807, 2.05) is 0 Å². The molecular weight excluding hydrogens is 496 g/mol. The molecule has 2 N–H and O–H groups in total. The molecule has 2 amide bonds. The van der Waals surface area contributed by atoms with Gasteiger partial charge in [-0.25, -0.2) is 9.18 Å². The van der Waals surface area contributed by atoms with Crippen molar-refractivity contribution in [2.24, 2.45) is 18.0 Å². The fraction of sp³-hybridized carbons (Fsp3) is 0.320. The molecule has 8 nitrogen and oxygen atoms in total. The van der Waals surface area contributed by atoms with Crippen LogP contribution in [0.15, 0.2) is 53.8 Å². The highest BCUT2D eigenvalue weighted by atomic mass is 19.4. The average Bonchev–Trinajstić information content (AvgIpc) is 3.59. The molecule has 0 unspecified atom stereocenters. The molecule has 2 aromatic carbocycles. The zero-order chi connectivity index (χ0) is 26.9. The van der Waals surface area contributed by atoms with Crippen molar-refractivity contribution in [3.05, 3.63) is 82.5 Å². The van der Waals surface area contributed by atoms with Crippen LogP contribution in [0.4, 0.5) is 22.4 Å². The van der Waals surface area contributed by atoms with Gasteiger partial charge in [-0.2, -0.15) is 0 Å². The van der Waals surface area contributed by atoms with E-state index in [9.17, 15) is 27.2 Å². The van der Waals surface area contributed by atoms with Gasteiger partial charge in [0.1, 0.15) is 11.6 Å². The number of imidazole rings is 1. The summed E-state index contributed by atoms with van der Waals surface area (Å²) in [6, 6.07) is 7.63. The molecule has 0 aliphatic heterocycles. The van der Waals surface area contributed by atoms with Crippen molar-refractivity contribution in [3.8, 4) is 5.75 Å². The van der Waals surface area contributed by atoms with Gasteiger partial charge >= 0.3 is 12.5 Å². The lowest BCUT2D eigenvalue weighted by Gasteiger charge is -2.20. The normalized spacial score (nSPS) is 14.9. The highest BCUT2D eigenvalue weighted by Gasteiger charge is 2.35. The van der Waals surface area contributed by atoms with Crippen LogP contribution in [0, 0.1) is 18.7 Å². The highest BCUT2D eigenvalue weighted by Crippen LogP contribution is 2.41. The lowest BCUT2D eigenvalue weighted by Crippen LogP contribution is -2.30. The van der Waals surface area contributed by atoms with E-state index >= 15 is 0 Å². The van der Waals surface area contributed by atoms with Crippen LogP contribution in [0.2, 0.25) is 0 Å². The summed E-state index contributed by atoms with van der Waals surface area (Å²) in [4.78, 5) is 27.8. The summed E-state index contributed by atoms with van der Waals surface area (Å²) in [7, 11) is 1.56. The van der Waals surface area contributed by atoms with E-state index in [2.05, 4.69) is 15.0 Å². The molecule has 0 radical (unpaired) electrons. The minimum Gasteiger partial charge on any atom is -0.463 e. The van der Waals surface area contributed by atoms with Crippen molar-refractivity contribution in [2.75, 3.05) is 0 Å². The predicted octanol–water partition coefficient (Wildman–Crippen LogP) is 4.68. The number of hydrogen-bond acceptors (Lipinski definition) is 3. The molecule has 37 heavy (non-hydrogen) atoms. The Balaban J connectivity index is 1.67. The van der Waals surface area contributed by atoms with Gasteiger partial charge in [-0.3, -0.25) is 4.79 Å². The second-order valence-electron chi connectivity index (χ2n) is 8.94. The van der Waals surface area contributed by atoms with Gasteiger partial charge in [-0.15, -0.1) is 18.2 Å². The molecule has 4 rings (SSSR count). The molecule has 1 aromatic heterocycles. The van der Waals surface area contributed by atoms with Crippen LogP contribution in [0.25, 0.3) is 0 Å². The Hall–Kier alpha value is -4.09. The fourth-order valence-electron chi connectivity index (χ4n) is 4.13. The smallest absolute Gasteiger partial charge is 0.463 e. The second-order valence-corrected chi connectivity index (χ2v) is 8.94. The molecule has 1 aliphatic carbocycles. The Morgan fingerprint density at radius 2 is 1.92 bits per heavy atom. The summed E-state index contributed by atoms with van der Waals surface area (Å²) in [6.07, 6.45) is -1.67. The molecule has 196 valence electrons. The molecular formula is C25H24F4N4O4. The zero-order valence-electron chi connectivity index (χ0n) is 19.9. The van der Waals surface area contributed by atoms with Crippen molar-refractivity contribution in [3.63, 3.8) is 0 Å². The number of rotatable bonds is 7. The number of nitrogens with zero attached hydrogens (tertiary/aromatic N) is 3. The molecule has 0 saturated heterocycles. The fourth-order valence-corrected chi connectivity index (χ4v) is 4.13. The van der Waals surface area contributed by atoms with Crippen LogP contribution in [-0.4, -0.2) is 32.6 Å². The van der Waals surface area contributed by atoms with Gasteiger partial charge in [0.25, 0.3) is 5.91 Å². The number of carboxylic acid groups (broad SMARTS) is 1. The lowest BCUT2D eigenvalue weighted by molar-refractivity contribution is -0.274. The molecule has 0 bridgehead atoms.